The zero-order chi connectivity index (χ0) is 12.5. The molecule has 1 unspecified atom stereocenters. The molecule has 1 amide bonds. The molecule has 1 aliphatic rings. The first-order valence-electron chi connectivity index (χ1n) is 5.54. The lowest BCUT2D eigenvalue weighted by Crippen LogP contribution is -2.55. The van der Waals surface area contributed by atoms with Gasteiger partial charge in [-0.15, -0.1) is 0 Å². The molecule has 17 heavy (non-hydrogen) atoms. The smallest absolute Gasteiger partial charge is 0.257 e. The van der Waals surface area contributed by atoms with Crippen molar-refractivity contribution >= 4 is 21.8 Å². The molecule has 0 aliphatic carbocycles. The number of morpholine rings is 1. The molecule has 5 nitrogen and oxygen atoms in total. The Balaban J connectivity index is 2.12. The number of nitrogens with one attached hydrogen (secondary N) is 1. The van der Waals surface area contributed by atoms with Crippen LogP contribution in [0.15, 0.2) is 12.4 Å². The third-order valence-electron chi connectivity index (χ3n) is 2.69. The van der Waals surface area contributed by atoms with E-state index in [1.807, 2.05) is 18.7 Å². The van der Waals surface area contributed by atoms with Crippen molar-refractivity contribution in [1.82, 2.24) is 15.1 Å². The van der Waals surface area contributed by atoms with Crippen LogP contribution in [-0.2, 0) is 4.74 Å². The predicted molar refractivity (Wildman–Crippen MR) is 67.2 cm³/mol. The van der Waals surface area contributed by atoms with Crippen LogP contribution in [0.5, 0.6) is 0 Å². The average molecular weight is 302 g/mol. The van der Waals surface area contributed by atoms with Gasteiger partial charge in [-0.3, -0.25) is 9.89 Å². The van der Waals surface area contributed by atoms with Gasteiger partial charge in [0.15, 0.2) is 0 Å². The number of alkyl halides is 1. The van der Waals surface area contributed by atoms with Gasteiger partial charge in [-0.05, 0) is 13.8 Å². The second kappa shape index (κ2) is 4.78. The van der Waals surface area contributed by atoms with E-state index < -0.39 is 0 Å². The van der Waals surface area contributed by atoms with Crippen LogP contribution in [0.3, 0.4) is 0 Å². The van der Waals surface area contributed by atoms with Gasteiger partial charge in [0.1, 0.15) is 0 Å². The van der Waals surface area contributed by atoms with Gasteiger partial charge in [0.2, 0.25) is 0 Å². The number of rotatable bonds is 2. The fourth-order valence-corrected chi connectivity index (χ4v) is 2.42. The van der Waals surface area contributed by atoms with Crippen LogP contribution in [0.2, 0.25) is 0 Å². The van der Waals surface area contributed by atoms with Gasteiger partial charge in [-0.1, -0.05) is 15.9 Å². The van der Waals surface area contributed by atoms with Crippen molar-refractivity contribution in [1.29, 1.82) is 0 Å². The van der Waals surface area contributed by atoms with Crippen molar-refractivity contribution in [2.75, 3.05) is 18.4 Å². The highest BCUT2D eigenvalue weighted by Gasteiger charge is 2.35. The molecular formula is C11H16BrN3O2. The first-order valence-corrected chi connectivity index (χ1v) is 6.66. The van der Waals surface area contributed by atoms with Gasteiger partial charge < -0.3 is 9.64 Å². The number of H-pyrrole nitrogens is 1. The molecule has 0 aromatic carbocycles. The van der Waals surface area contributed by atoms with E-state index in [1.54, 1.807) is 12.4 Å². The zero-order valence-electron chi connectivity index (χ0n) is 9.94. The maximum Gasteiger partial charge on any atom is 0.257 e. The molecule has 94 valence electrons. The summed E-state index contributed by atoms with van der Waals surface area (Å²) >= 11 is 3.41. The fraction of sp³-hybridized carbons (Fsp3) is 0.636. The Labute approximate surface area is 109 Å². The maximum atomic E-state index is 12.2. The quantitative estimate of drug-likeness (QED) is 0.841. The molecular weight excluding hydrogens is 286 g/mol. The summed E-state index contributed by atoms with van der Waals surface area (Å²) in [7, 11) is 0. The van der Waals surface area contributed by atoms with Crippen LogP contribution in [0.25, 0.3) is 0 Å². The number of carbonyl (C=O) groups is 1. The van der Waals surface area contributed by atoms with Crippen LogP contribution in [0.1, 0.15) is 24.2 Å². The monoisotopic (exact) mass is 301 g/mol. The Morgan fingerprint density at radius 1 is 1.76 bits per heavy atom. The van der Waals surface area contributed by atoms with Gasteiger partial charge in [-0.25, -0.2) is 0 Å². The number of ether oxygens (including phenoxy) is 1. The summed E-state index contributed by atoms with van der Waals surface area (Å²) < 4.78 is 5.86. The van der Waals surface area contributed by atoms with Gasteiger partial charge in [0, 0.05) is 24.6 Å². The third kappa shape index (κ3) is 2.87. The molecule has 0 bridgehead atoms. The van der Waals surface area contributed by atoms with Crippen molar-refractivity contribution < 1.29 is 9.53 Å². The summed E-state index contributed by atoms with van der Waals surface area (Å²) in [6.07, 6.45) is 3.21. The summed E-state index contributed by atoms with van der Waals surface area (Å²) in [6, 6.07) is 0. The minimum atomic E-state index is -0.309. The van der Waals surface area contributed by atoms with E-state index in [2.05, 4.69) is 26.1 Å². The van der Waals surface area contributed by atoms with Gasteiger partial charge in [0.05, 0.1) is 23.5 Å². The summed E-state index contributed by atoms with van der Waals surface area (Å²) in [5.41, 5.74) is 0.284. The lowest BCUT2D eigenvalue weighted by Gasteiger charge is -2.42. The van der Waals surface area contributed by atoms with Crippen LogP contribution in [-0.4, -0.2) is 51.1 Å². The average Bonchev–Trinajstić information content (AvgIpc) is 2.79. The van der Waals surface area contributed by atoms with Gasteiger partial charge >= 0.3 is 0 Å². The highest BCUT2D eigenvalue weighted by Crippen LogP contribution is 2.23. The number of amides is 1. The fourth-order valence-electron chi connectivity index (χ4n) is 2.08. The predicted octanol–water partition coefficient (Wildman–Crippen LogP) is 1.42. The Hall–Kier alpha value is -0.880. The van der Waals surface area contributed by atoms with Gasteiger partial charge in [-0.2, -0.15) is 5.10 Å². The summed E-state index contributed by atoms with van der Waals surface area (Å²) in [5.74, 6) is 0.000995. The Morgan fingerprint density at radius 2 is 2.53 bits per heavy atom. The zero-order valence-corrected chi connectivity index (χ0v) is 11.5. The minimum absolute atomic E-state index is 0.000995. The lowest BCUT2D eigenvalue weighted by molar-refractivity contribution is -0.116. The van der Waals surface area contributed by atoms with E-state index in [9.17, 15) is 4.79 Å². The molecule has 6 heteroatoms. The van der Waals surface area contributed by atoms with Gasteiger partial charge in [0.25, 0.3) is 5.91 Å². The van der Waals surface area contributed by atoms with E-state index in [4.69, 9.17) is 4.74 Å². The number of aromatic amines is 1. The summed E-state index contributed by atoms with van der Waals surface area (Å²) in [5, 5.41) is 7.19. The first-order chi connectivity index (χ1) is 8.02. The standard InChI is InChI=1S/C11H16BrN3O2/c1-11(2)7-15(6-9(3-12)17-11)10(16)8-4-13-14-5-8/h4-5,9H,3,6-7H2,1-2H3,(H,13,14). The topological polar surface area (TPSA) is 58.2 Å². The molecule has 1 aromatic rings. The molecule has 1 N–H and O–H groups in total. The molecule has 2 heterocycles. The van der Waals surface area contributed by atoms with Crippen molar-refractivity contribution in [2.24, 2.45) is 0 Å². The molecule has 0 saturated carbocycles. The van der Waals surface area contributed by atoms with Crippen LogP contribution >= 0.6 is 15.9 Å². The molecule has 1 atom stereocenters. The lowest BCUT2D eigenvalue weighted by atomic mass is 10.0. The van der Waals surface area contributed by atoms with E-state index in [1.165, 1.54) is 0 Å². The largest absolute Gasteiger partial charge is 0.368 e. The molecule has 0 radical (unpaired) electrons. The van der Waals surface area contributed by atoms with Crippen molar-refractivity contribution in [3.8, 4) is 0 Å². The van der Waals surface area contributed by atoms with Crippen molar-refractivity contribution in [2.45, 2.75) is 25.6 Å². The Kier molecular flexibility index (Phi) is 3.53. The second-order valence-corrected chi connectivity index (χ2v) is 5.47. The summed E-state index contributed by atoms with van der Waals surface area (Å²) in [4.78, 5) is 14.0. The minimum Gasteiger partial charge on any atom is -0.368 e. The number of hydrogen-bond donors (Lipinski definition) is 1. The van der Waals surface area contributed by atoms with E-state index in [0.717, 1.165) is 5.33 Å². The van der Waals surface area contributed by atoms with E-state index >= 15 is 0 Å². The van der Waals surface area contributed by atoms with E-state index in [0.29, 0.717) is 18.7 Å². The molecule has 2 rings (SSSR count). The van der Waals surface area contributed by atoms with Crippen molar-refractivity contribution in [3.63, 3.8) is 0 Å². The molecule has 1 aromatic heterocycles. The number of hydrogen-bond acceptors (Lipinski definition) is 3. The van der Waals surface area contributed by atoms with Crippen molar-refractivity contribution in [3.05, 3.63) is 18.0 Å². The second-order valence-electron chi connectivity index (χ2n) is 4.83. The van der Waals surface area contributed by atoms with Crippen LogP contribution in [0.4, 0.5) is 0 Å². The highest BCUT2D eigenvalue weighted by atomic mass is 79.9. The Bertz CT molecular complexity index is 391. The molecule has 1 saturated heterocycles. The third-order valence-corrected chi connectivity index (χ3v) is 3.41. The van der Waals surface area contributed by atoms with Crippen LogP contribution < -0.4 is 0 Å². The number of aromatic nitrogens is 2. The normalized spacial score (nSPS) is 23.7. The van der Waals surface area contributed by atoms with E-state index in [-0.39, 0.29) is 17.6 Å². The first kappa shape index (κ1) is 12.6. The number of nitrogens with zero attached hydrogens (tertiary/aromatic N) is 2. The number of halogens is 1. The molecule has 1 fully saturated rings. The molecule has 0 spiro atoms. The molecule has 1 aliphatic heterocycles. The SMILES string of the molecule is CC1(C)CN(C(=O)c2cn[nH]c2)CC(CBr)O1. The van der Waals surface area contributed by atoms with Crippen LogP contribution in [0, 0.1) is 0 Å². The Morgan fingerprint density at radius 3 is 3.12 bits per heavy atom. The number of carbonyl (C=O) groups excluding carboxylic acids is 1. The maximum absolute atomic E-state index is 12.2. The highest BCUT2D eigenvalue weighted by molar-refractivity contribution is 9.09. The summed E-state index contributed by atoms with van der Waals surface area (Å²) in [6.45, 7) is 5.20.